The van der Waals surface area contributed by atoms with Crippen LogP contribution in [0.4, 0.5) is 0 Å². The SMILES string of the molecule is Cc1csc(CN2CC[C@H]3OCC[C@@]3(c3nc(C)no3)C2)n1. The fourth-order valence-corrected chi connectivity index (χ4v) is 4.45. The van der Waals surface area contributed by atoms with Crippen molar-refractivity contribution in [3.8, 4) is 0 Å². The molecule has 22 heavy (non-hydrogen) atoms. The number of fused-ring (bicyclic) bond motifs is 1. The summed E-state index contributed by atoms with van der Waals surface area (Å²) in [5.74, 6) is 1.44. The lowest BCUT2D eigenvalue weighted by molar-refractivity contribution is 0.00411. The first-order valence-electron chi connectivity index (χ1n) is 7.71. The first kappa shape index (κ1) is 14.3. The van der Waals surface area contributed by atoms with Crippen LogP contribution in [-0.4, -0.2) is 45.8 Å². The third-order valence-corrected chi connectivity index (χ3v) is 5.63. The second-order valence-corrected chi connectivity index (χ2v) is 7.24. The van der Waals surface area contributed by atoms with Crippen LogP contribution in [0.2, 0.25) is 0 Å². The molecule has 4 rings (SSSR count). The Hall–Kier alpha value is -1.31. The van der Waals surface area contributed by atoms with E-state index in [1.54, 1.807) is 11.3 Å². The van der Waals surface area contributed by atoms with E-state index < -0.39 is 0 Å². The molecule has 2 aromatic rings. The van der Waals surface area contributed by atoms with E-state index in [-0.39, 0.29) is 11.5 Å². The maximum Gasteiger partial charge on any atom is 0.236 e. The summed E-state index contributed by atoms with van der Waals surface area (Å²) in [4.78, 5) is 11.5. The molecule has 0 amide bonds. The van der Waals surface area contributed by atoms with Crippen molar-refractivity contribution in [3.05, 3.63) is 27.8 Å². The van der Waals surface area contributed by atoms with Gasteiger partial charge in [0.05, 0.1) is 18.1 Å². The summed E-state index contributed by atoms with van der Waals surface area (Å²) >= 11 is 1.73. The first-order chi connectivity index (χ1) is 10.7. The molecule has 0 N–H and O–H groups in total. The van der Waals surface area contributed by atoms with Crippen LogP contribution >= 0.6 is 11.3 Å². The van der Waals surface area contributed by atoms with Crippen molar-refractivity contribution in [2.45, 2.75) is 44.8 Å². The zero-order valence-electron chi connectivity index (χ0n) is 12.9. The van der Waals surface area contributed by atoms with Gasteiger partial charge in [-0.2, -0.15) is 4.98 Å². The third kappa shape index (κ3) is 2.37. The third-order valence-electron chi connectivity index (χ3n) is 4.68. The van der Waals surface area contributed by atoms with Crippen molar-refractivity contribution in [1.82, 2.24) is 20.0 Å². The van der Waals surface area contributed by atoms with E-state index in [9.17, 15) is 0 Å². The Morgan fingerprint density at radius 2 is 2.32 bits per heavy atom. The highest BCUT2D eigenvalue weighted by Gasteiger charge is 2.52. The number of hydrogen-bond donors (Lipinski definition) is 0. The molecule has 2 aliphatic heterocycles. The molecule has 7 heteroatoms. The summed E-state index contributed by atoms with van der Waals surface area (Å²) in [6.07, 6.45) is 2.15. The standard InChI is InChI=1S/C15H20N4O2S/c1-10-8-22-13(16-10)7-19-5-3-12-15(9-19,4-6-20-12)14-17-11(2)18-21-14/h8,12H,3-7,9H2,1-2H3/t12-,15-/m1/s1. The minimum Gasteiger partial charge on any atom is -0.377 e. The second kappa shape index (κ2) is 5.40. The number of rotatable bonds is 3. The predicted octanol–water partition coefficient (Wildman–Crippen LogP) is 2.08. The molecule has 4 heterocycles. The van der Waals surface area contributed by atoms with Gasteiger partial charge >= 0.3 is 0 Å². The highest BCUT2D eigenvalue weighted by Crippen LogP contribution is 2.43. The maximum atomic E-state index is 5.96. The van der Waals surface area contributed by atoms with Crippen LogP contribution in [0.15, 0.2) is 9.90 Å². The zero-order chi connectivity index (χ0) is 15.2. The van der Waals surface area contributed by atoms with E-state index in [0.29, 0.717) is 5.82 Å². The molecule has 0 spiro atoms. The van der Waals surface area contributed by atoms with Gasteiger partial charge in [-0.1, -0.05) is 5.16 Å². The summed E-state index contributed by atoms with van der Waals surface area (Å²) in [7, 11) is 0. The quantitative estimate of drug-likeness (QED) is 0.863. The lowest BCUT2D eigenvalue weighted by atomic mass is 9.76. The van der Waals surface area contributed by atoms with Crippen molar-refractivity contribution in [3.63, 3.8) is 0 Å². The smallest absolute Gasteiger partial charge is 0.236 e. The minimum atomic E-state index is -0.147. The molecule has 6 nitrogen and oxygen atoms in total. The van der Waals surface area contributed by atoms with Gasteiger partial charge < -0.3 is 9.26 Å². The number of thiazole rings is 1. The molecule has 2 fully saturated rings. The van der Waals surface area contributed by atoms with Gasteiger partial charge in [0.15, 0.2) is 5.82 Å². The Kier molecular flexibility index (Phi) is 3.51. The highest BCUT2D eigenvalue weighted by atomic mass is 32.1. The summed E-state index contributed by atoms with van der Waals surface area (Å²) in [5.41, 5.74) is 0.951. The van der Waals surface area contributed by atoms with Crippen LogP contribution in [0.1, 0.15) is 35.3 Å². The zero-order valence-corrected chi connectivity index (χ0v) is 13.7. The maximum absolute atomic E-state index is 5.96. The molecule has 0 aromatic carbocycles. The highest BCUT2D eigenvalue weighted by molar-refractivity contribution is 7.09. The molecule has 2 atom stereocenters. The van der Waals surface area contributed by atoms with Crippen molar-refractivity contribution >= 4 is 11.3 Å². The molecule has 2 aliphatic rings. The molecule has 0 aliphatic carbocycles. The van der Waals surface area contributed by atoms with Gasteiger partial charge in [-0.3, -0.25) is 4.90 Å². The largest absolute Gasteiger partial charge is 0.377 e. The van der Waals surface area contributed by atoms with Crippen LogP contribution in [0, 0.1) is 13.8 Å². The van der Waals surface area contributed by atoms with Crippen LogP contribution in [-0.2, 0) is 16.7 Å². The summed E-state index contributed by atoms with van der Waals surface area (Å²) in [6.45, 7) is 7.50. The van der Waals surface area contributed by atoms with Gasteiger partial charge in [-0.25, -0.2) is 4.98 Å². The van der Waals surface area contributed by atoms with E-state index >= 15 is 0 Å². The van der Waals surface area contributed by atoms with Gasteiger partial charge in [0.2, 0.25) is 5.89 Å². The fraction of sp³-hybridized carbons (Fsp3) is 0.667. The van der Waals surface area contributed by atoms with E-state index in [0.717, 1.165) is 50.7 Å². The normalized spacial score (nSPS) is 28.9. The fourth-order valence-electron chi connectivity index (χ4n) is 3.64. The summed E-state index contributed by atoms with van der Waals surface area (Å²) < 4.78 is 11.5. The molecule has 0 bridgehead atoms. The van der Waals surface area contributed by atoms with Crippen LogP contribution in [0.5, 0.6) is 0 Å². The number of hydrogen-bond acceptors (Lipinski definition) is 7. The number of aromatic nitrogens is 3. The van der Waals surface area contributed by atoms with Crippen molar-refractivity contribution in [1.29, 1.82) is 0 Å². The van der Waals surface area contributed by atoms with E-state index in [1.165, 1.54) is 5.01 Å². The molecule has 2 saturated heterocycles. The Morgan fingerprint density at radius 1 is 1.41 bits per heavy atom. The molecule has 2 aromatic heterocycles. The molecule has 0 radical (unpaired) electrons. The topological polar surface area (TPSA) is 64.3 Å². The number of ether oxygens (including phenoxy) is 1. The Balaban J connectivity index is 1.58. The van der Waals surface area contributed by atoms with Crippen molar-refractivity contribution in [2.75, 3.05) is 19.7 Å². The number of aryl methyl sites for hydroxylation is 2. The van der Waals surface area contributed by atoms with Gasteiger partial charge in [0, 0.05) is 30.8 Å². The summed E-state index contributed by atoms with van der Waals surface area (Å²) in [6, 6.07) is 0. The van der Waals surface area contributed by atoms with Gasteiger partial charge in [0.1, 0.15) is 5.01 Å². The Bertz CT molecular complexity index is 670. The second-order valence-electron chi connectivity index (χ2n) is 6.29. The number of piperidine rings is 1. The van der Waals surface area contributed by atoms with Crippen molar-refractivity contribution in [2.24, 2.45) is 0 Å². The van der Waals surface area contributed by atoms with Gasteiger partial charge in [-0.15, -0.1) is 11.3 Å². The van der Waals surface area contributed by atoms with E-state index in [1.807, 2.05) is 13.8 Å². The van der Waals surface area contributed by atoms with Gasteiger partial charge in [0.25, 0.3) is 0 Å². The molecular formula is C15H20N4O2S. The lowest BCUT2D eigenvalue weighted by Crippen LogP contribution is -2.52. The first-order valence-corrected chi connectivity index (χ1v) is 8.59. The molecule has 0 unspecified atom stereocenters. The molecule has 0 saturated carbocycles. The summed E-state index contributed by atoms with van der Waals surface area (Å²) in [5, 5.41) is 7.27. The van der Waals surface area contributed by atoms with Crippen LogP contribution in [0.3, 0.4) is 0 Å². The van der Waals surface area contributed by atoms with E-state index in [4.69, 9.17) is 9.26 Å². The Labute approximate surface area is 133 Å². The molecule has 118 valence electrons. The van der Waals surface area contributed by atoms with Crippen molar-refractivity contribution < 1.29 is 9.26 Å². The average Bonchev–Trinajstić information content (AvgIpc) is 3.19. The van der Waals surface area contributed by atoms with Gasteiger partial charge in [-0.05, 0) is 26.7 Å². The lowest BCUT2D eigenvalue weighted by Gasteiger charge is -2.40. The predicted molar refractivity (Wildman–Crippen MR) is 81.8 cm³/mol. The Morgan fingerprint density at radius 3 is 3.05 bits per heavy atom. The monoisotopic (exact) mass is 320 g/mol. The van der Waals surface area contributed by atoms with Crippen LogP contribution < -0.4 is 0 Å². The number of nitrogens with zero attached hydrogens (tertiary/aromatic N) is 4. The molecular weight excluding hydrogens is 300 g/mol. The minimum absolute atomic E-state index is 0.147. The average molecular weight is 320 g/mol. The number of likely N-dealkylation sites (tertiary alicyclic amines) is 1. The van der Waals surface area contributed by atoms with E-state index in [2.05, 4.69) is 25.4 Å². The van der Waals surface area contributed by atoms with Crippen LogP contribution in [0.25, 0.3) is 0 Å².